The molecule has 9 heteroatoms. The number of carbonyl (C=O) groups excluding carboxylic acids is 1. The summed E-state index contributed by atoms with van der Waals surface area (Å²) in [7, 11) is 0. The molecule has 2 rings (SSSR count). The molecule has 2 aromatic rings. The van der Waals surface area contributed by atoms with E-state index in [1.54, 1.807) is 0 Å². The molecule has 26 heavy (non-hydrogen) atoms. The Bertz CT molecular complexity index is 751. The molecule has 1 aromatic heterocycles. The van der Waals surface area contributed by atoms with Crippen molar-refractivity contribution in [3.05, 3.63) is 46.9 Å². The molecule has 0 unspecified atom stereocenters. The molecule has 1 heterocycles. The van der Waals surface area contributed by atoms with Gasteiger partial charge in [-0.1, -0.05) is 31.4 Å². The Hall–Kier alpha value is -2.35. The van der Waals surface area contributed by atoms with Crippen LogP contribution in [0.2, 0.25) is 5.02 Å². The monoisotopic (exact) mass is 386 g/mol. The summed E-state index contributed by atoms with van der Waals surface area (Å²) in [4.78, 5) is 20.2. The number of aromatic nitrogens is 2. The van der Waals surface area contributed by atoms with E-state index in [1.807, 2.05) is 0 Å². The van der Waals surface area contributed by atoms with E-state index in [9.17, 15) is 18.0 Å². The van der Waals surface area contributed by atoms with Crippen LogP contribution < -0.4 is 10.6 Å². The molecular weight excluding hydrogens is 369 g/mol. The van der Waals surface area contributed by atoms with E-state index in [0.717, 1.165) is 37.9 Å². The van der Waals surface area contributed by atoms with Crippen molar-refractivity contribution in [1.82, 2.24) is 9.97 Å². The number of anilines is 2. The Balaban J connectivity index is 2.01. The van der Waals surface area contributed by atoms with Crippen molar-refractivity contribution in [2.24, 2.45) is 0 Å². The third-order valence-electron chi connectivity index (χ3n) is 3.50. The second-order valence-corrected chi connectivity index (χ2v) is 5.97. The number of alkyl halides is 3. The number of amides is 1. The van der Waals surface area contributed by atoms with Crippen molar-refractivity contribution < 1.29 is 18.0 Å². The minimum absolute atomic E-state index is 0.00684. The Morgan fingerprint density at radius 2 is 1.96 bits per heavy atom. The minimum atomic E-state index is -4.61. The van der Waals surface area contributed by atoms with Crippen molar-refractivity contribution in [2.75, 3.05) is 17.2 Å². The zero-order chi connectivity index (χ0) is 19.2. The maximum absolute atomic E-state index is 12.9. The average Bonchev–Trinajstić information content (AvgIpc) is 2.60. The number of benzene rings is 1. The van der Waals surface area contributed by atoms with E-state index in [2.05, 4.69) is 27.5 Å². The molecular formula is C17H18ClF3N4O. The van der Waals surface area contributed by atoms with Gasteiger partial charge in [0, 0.05) is 12.2 Å². The number of hydrogen-bond donors (Lipinski definition) is 2. The van der Waals surface area contributed by atoms with E-state index in [-0.39, 0.29) is 11.4 Å². The molecule has 0 aliphatic rings. The summed E-state index contributed by atoms with van der Waals surface area (Å²) in [5.74, 6) is -0.131. The maximum atomic E-state index is 12.9. The smallest absolute Gasteiger partial charge is 0.369 e. The molecule has 140 valence electrons. The predicted octanol–water partition coefficient (Wildman–Crippen LogP) is 5.00. The first-order valence-corrected chi connectivity index (χ1v) is 8.43. The fraction of sp³-hybridized carbons (Fsp3) is 0.353. The van der Waals surface area contributed by atoms with Crippen LogP contribution in [0.15, 0.2) is 30.6 Å². The topological polar surface area (TPSA) is 66.9 Å². The van der Waals surface area contributed by atoms with Crippen LogP contribution in [0.5, 0.6) is 0 Å². The lowest BCUT2D eigenvalue weighted by atomic mass is 10.2. The largest absolute Gasteiger partial charge is 0.417 e. The van der Waals surface area contributed by atoms with Gasteiger partial charge in [-0.3, -0.25) is 4.79 Å². The van der Waals surface area contributed by atoms with Crippen LogP contribution in [0.4, 0.5) is 24.7 Å². The number of unbranched alkanes of at least 4 members (excludes halogenated alkanes) is 2. The summed E-state index contributed by atoms with van der Waals surface area (Å²) in [6.45, 7) is 2.85. The van der Waals surface area contributed by atoms with E-state index < -0.39 is 22.7 Å². The molecule has 0 saturated heterocycles. The molecule has 0 fully saturated rings. The van der Waals surface area contributed by atoms with E-state index in [4.69, 9.17) is 11.6 Å². The molecule has 0 bridgehead atoms. The summed E-state index contributed by atoms with van der Waals surface area (Å²) < 4.78 is 38.6. The molecule has 1 amide bonds. The lowest BCUT2D eigenvalue weighted by molar-refractivity contribution is -0.137. The fourth-order valence-electron chi connectivity index (χ4n) is 2.14. The van der Waals surface area contributed by atoms with E-state index >= 15 is 0 Å². The molecule has 0 aliphatic carbocycles. The number of halogens is 4. The van der Waals surface area contributed by atoms with Gasteiger partial charge in [-0.25, -0.2) is 9.97 Å². The first kappa shape index (κ1) is 20.0. The molecule has 0 radical (unpaired) electrons. The van der Waals surface area contributed by atoms with Crippen molar-refractivity contribution >= 4 is 29.0 Å². The highest BCUT2D eigenvalue weighted by molar-refractivity contribution is 6.31. The molecule has 0 aliphatic heterocycles. The highest BCUT2D eigenvalue weighted by atomic mass is 35.5. The molecule has 0 saturated carbocycles. The van der Waals surface area contributed by atoms with Crippen LogP contribution >= 0.6 is 11.6 Å². The van der Waals surface area contributed by atoms with Gasteiger partial charge in [-0.2, -0.15) is 13.2 Å². The molecule has 0 atom stereocenters. The van der Waals surface area contributed by atoms with Gasteiger partial charge in [-0.05, 0) is 24.6 Å². The van der Waals surface area contributed by atoms with Crippen LogP contribution in [-0.4, -0.2) is 22.4 Å². The van der Waals surface area contributed by atoms with Crippen LogP contribution in [0.1, 0.15) is 42.2 Å². The minimum Gasteiger partial charge on any atom is -0.369 e. The highest BCUT2D eigenvalue weighted by Gasteiger charge is 2.33. The number of nitrogens with one attached hydrogen (secondary N) is 2. The number of carbonyl (C=O) groups is 1. The Kier molecular flexibility index (Phi) is 6.79. The number of rotatable bonds is 7. The molecule has 5 nitrogen and oxygen atoms in total. The summed E-state index contributed by atoms with van der Waals surface area (Å²) in [6, 6.07) is 3.14. The van der Waals surface area contributed by atoms with Crippen LogP contribution in [0.25, 0.3) is 0 Å². The SMILES string of the molecule is CCCCCNc1cnc(C(=O)Nc2ccc(Cl)c(C(F)(F)F)c2)cn1. The van der Waals surface area contributed by atoms with Gasteiger partial charge in [0.25, 0.3) is 5.91 Å². The van der Waals surface area contributed by atoms with Crippen molar-refractivity contribution in [3.8, 4) is 0 Å². The van der Waals surface area contributed by atoms with Gasteiger partial charge < -0.3 is 10.6 Å². The van der Waals surface area contributed by atoms with E-state index in [0.29, 0.717) is 5.82 Å². The molecule has 2 N–H and O–H groups in total. The van der Waals surface area contributed by atoms with E-state index in [1.165, 1.54) is 18.5 Å². The summed E-state index contributed by atoms with van der Waals surface area (Å²) >= 11 is 5.55. The lowest BCUT2D eigenvalue weighted by Crippen LogP contribution is -2.15. The van der Waals surface area contributed by atoms with Gasteiger partial charge in [0.1, 0.15) is 11.5 Å². The maximum Gasteiger partial charge on any atom is 0.417 e. The summed E-state index contributed by atoms with van der Waals surface area (Å²) in [5, 5.41) is 5.00. The molecule has 1 aromatic carbocycles. The van der Waals surface area contributed by atoms with Gasteiger partial charge in [0.2, 0.25) is 0 Å². The van der Waals surface area contributed by atoms with Crippen molar-refractivity contribution in [1.29, 1.82) is 0 Å². The van der Waals surface area contributed by atoms with Gasteiger partial charge in [0.05, 0.1) is 23.0 Å². The second kappa shape index (κ2) is 8.84. The quantitative estimate of drug-likeness (QED) is 0.657. The van der Waals surface area contributed by atoms with Crippen LogP contribution in [-0.2, 0) is 6.18 Å². The standard InChI is InChI=1S/C17H18ClF3N4O/c1-2-3-4-7-22-15-10-23-14(9-24-15)16(26)25-11-5-6-13(18)12(8-11)17(19,20)21/h5-6,8-10H,2-4,7H2,1H3,(H,22,24)(H,25,26). The second-order valence-electron chi connectivity index (χ2n) is 5.57. The third-order valence-corrected chi connectivity index (χ3v) is 3.83. The summed E-state index contributed by atoms with van der Waals surface area (Å²) in [6.07, 6.45) is 1.26. The van der Waals surface area contributed by atoms with Crippen molar-refractivity contribution in [2.45, 2.75) is 32.4 Å². The van der Waals surface area contributed by atoms with Gasteiger partial charge >= 0.3 is 6.18 Å². The first-order valence-electron chi connectivity index (χ1n) is 8.05. The predicted molar refractivity (Wildman–Crippen MR) is 94.5 cm³/mol. The zero-order valence-electron chi connectivity index (χ0n) is 14.0. The first-order chi connectivity index (χ1) is 12.3. The Labute approximate surface area is 154 Å². The van der Waals surface area contributed by atoms with Gasteiger partial charge in [0.15, 0.2) is 0 Å². The van der Waals surface area contributed by atoms with Gasteiger partial charge in [-0.15, -0.1) is 0 Å². The third kappa shape index (κ3) is 5.59. The number of hydrogen-bond acceptors (Lipinski definition) is 4. The fourth-order valence-corrected chi connectivity index (χ4v) is 2.37. The Morgan fingerprint density at radius 1 is 1.19 bits per heavy atom. The average molecular weight is 387 g/mol. The Morgan fingerprint density at radius 3 is 2.58 bits per heavy atom. The van der Waals surface area contributed by atoms with Crippen molar-refractivity contribution in [3.63, 3.8) is 0 Å². The zero-order valence-corrected chi connectivity index (χ0v) is 14.8. The number of nitrogens with zero attached hydrogens (tertiary/aromatic N) is 2. The lowest BCUT2D eigenvalue weighted by Gasteiger charge is -2.11. The van der Waals surface area contributed by atoms with Crippen LogP contribution in [0.3, 0.4) is 0 Å². The van der Waals surface area contributed by atoms with Crippen LogP contribution in [0, 0.1) is 0 Å². The summed E-state index contributed by atoms with van der Waals surface area (Å²) in [5.41, 5.74) is -1.06. The normalized spacial score (nSPS) is 11.3. The molecule has 0 spiro atoms. The highest BCUT2D eigenvalue weighted by Crippen LogP contribution is 2.36.